The summed E-state index contributed by atoms with van der Waals surface area (Å²) in [5, 5.41) is 22.9. The molecule has 1 atom stereocenters. The van der Waals surface area contributed by atoms with Gasteiger partial charge in [0.1, 0.15) is 12.4 Å². The zero-order valence-electron chi connectivity index (χ0n) is 18.3. The minimum Gasteiger partial charge on any atom is -0.491 e. The Labute approximate surface area is 191 Å². The Hall–Kier alpha value is -3.39. The maximum Gasteiger partial charge on any atom is 0.264 e. The number of carbonyl (C=O) groups excluding carboxylic acids is 1. The molecular formula is C23H25N3O6S. The molecule has 0 unspecified atom stereocenters. The Morgan fingerprint density at radius 1 is 1.18 bits per heavy atom. The van der Waals surface area contributed by atoms with Gasteiger partial charge in [0.15, 0.2) is 14.6 Å². The van der Waals surface area contributed by atoms with Crippen LogP contribution in [-0.4, -0.2) is 58.6 Å². The van der Waals surface area contributed by atoms with Crippen molar-refractivity contribution in [2.75, 3.05) is 19.5 Å². The molecule has 0 saturated heterocycles. The zero-order chi connectivity index (χ0) is 24.1. The molecule has 1 heterocycles. The highest BCUT2D eigenvalue weighted by Crippen LogP contribution is 2.24. The molecule has 0 bridgehead atoms. The van der Waals surface area contributed by atoms with Crippen LogP contribution in [0.25, 0.3) is 10.9 Å². The number of ether oxygens (including phenoxy) is 1. The number of hydroxylamine groups is 1. The average Bonchev–Trinajstić information content (AvgIpc) is 3.21. The van der Waals surface area contributed by atoms with Crippen molar-refractivity contribution in [3.05, 3.63) is 59.8 Å². The molecule has 0 fully saturated rings. The second kappa shape index (κ2) is 10.0. The van der Waals surface area contributed by atoms with E-state index >= 15 is 0 Å². The molecule has 33 heavy (non-hydrogen) atoms. The maximum atomic E-state index is 12.1. The van der Waals surface area contributed by atoms with Crippen LogP contribution in [0.1, 0.15) is 24.5 Å². The molecule has 10 heteroatoms. The number of nitrogens with zero attached hydrogens (tertiary/aromatic N) is 2. The molecule has 3 N–H and O–H groups in total. The number of nitrogens with one attached hydrogen (secondary N) is 1. The number of aliphatic hydroxyl groups excluding tert-OH is 1. The Balaban J connectivity index is 1.76. The Morgan fingerprint density at radius 3 is 2.48 bits per heavy atom. The summed E-state index contributed by atoms with van der Waals surface area (Å²) in [6.45, 7) is 1.63. The van der Waals surface area contributed by atoms with Gasteiger partial charge in [-0.2, -0.15) is 5.10 Å². The van der Waals surface area contributed by atoms with Crippen LogP contribution in [0.3, 0.4) is 0 Å². The van der Waals surface area contributed by atoms with Crippen molar-refractivity contribution in [1.29, 1.82) is 0 Å². The van der Waals surface area contributed by atoms with E-state index in [0.29, 0.717) is 5.75 Å². The number of hydrogen-bond donors (Lipinski definition) is 3. The molecular weight excluding hydrogens is 446 g/mol. The normalized spacial score (nSPS) is 13.1. The molecule has 0 aliphatic carbocycles. The molecule has 1 amide bonds. The molecule has 2 aromatic carbocycles. The lowest BCUT2D eigenvalue weighted by molar-refractivity contribution is -0.131. The van der Waals surface area contributed by atoms with Gasteiger partial charge >= 0.3 is 0 Å². The van der Waals surface area contributed by atoms with Gasteiger partial charge < -0.3 is 9.84 Å². The summed E-state index contributed by atoms with van der Waals surface area (Å²) in [5.41, 5.74) is 3.81. The molecule has 0 aliphatic rings. The van der Waals surface area contributed by atoms with E-state index in [2.05, 4.69) is 16.9 Å². The standard InChI is InChI=1S/C23H25N3O6S/c1-23(22(28)25-29,33(2,30)31)11-12-26-21-10-7-18(15-19(21)16-24-26)4-3-17-5-8-20(9-6-17)32-14-13-27/h5-10,15-16,27,29H,11-14H2,1-2H3,(H,25,28)/t23-/m1/s1. The number of amides is 1. The topological polar surface area (TPSA) is 131 Å². The summed E-state index contributed by atoms with van der Waals surface area (Å²) < 4.78 is 29.4. The van der Waals surface area contributed by atoms with Crippen molar-refractivity contribution in [2.45, 2.75) is 24.6 Å². The van der Waals surface area contributed by atoms with Gasteiger partial charge in [-0.15, -0.1) is 0 Å². The summed E-state index contributed by atoms with van der Waals surface area (Å²) in [6, 6.07) is 12.8. The zero-order valence-corrected chi connectivity index (χ0v) is 19.1. The van der Waals surface area contributed by atoms with Crippen molar-refractivity contribution in [2.24, 2.45) is 0 Å². The predicted molar refractivity (Wildman–Crippen MR) is 123 cm³/mol. The fourth-order valence-electron chi connectivity index (χ4n) is 3.19. The molecule has 0 spiro atoms. The van der Waals surface area contributed by atoms with Crippen molar-refractivity contribution < 1.29 is 28.3 Å². The highest BCUT2D eigenvalue weighted by molar-refractivity contribution is 7.92. The van der Waals surface area contributed by atoms with Crippen LogP contribution < -0.4 is 10.2 Å². The lowest BCUT2D eigenvalue weighted by Gasteiger charge is -2.25. The fraction of sp³-hybridized carbons (Fsp3) is 0.304. The molecule has 0 aliphatic heterocycles. The summed E-state index contributed by atoms with van der Waals surface area (Å²) >= 11 is 0. The van der Waals surface area contributed by atoms with Crippen LogP contribution in [-0.2, 0) is 21.2 Å². The number of sulfone groups is 1. The van der Waals surface area contributed by atoms with Crippen LogP contribution in [0.2, 0.25) is 0 Å². The van der Waals surface area contributed by atoms with Gasteiger partial charge in [-0.3, -0.25) is 14.7 Å². The van der Waals surface area contributed by atoms with E-state index < -0.39 is 20.5 Å². The fourth-order valence-corrected chi connectivity index (χ4v) is 4.03. The summed E-state index contributed by atoms with van der Waals surface area (Å²) in [5.74, 6) is 5.85. The molecule has 3 rings (SSSR count). The van der Waals surface area contributed by atoms with Crippen LogP contribution in [0.4, 0.5) is 0 Å². The van der Waals surface area contributed by atoms with Crippen molar-refractivity contribution in [1.82, 2.24) is 15.3 Å². The molecule has 1 aromatic heterocycles. The number of aryl methyl sites for hydroxylation is 1. The van der Waals surface area contributed by atoms with E-state index in [4.69, 9.17) is 15.1 Å². The SMILES string of the molecule is C[C@@](CCn1ncc2cc(C#Cc3ccc(OCCO)cc3)ccc21)(C(=O)NO)S(C)(=O)=O. The lowest BCUT2D eigenvalue weighted by atomic mass is 10.1. The molecule has 0 radical (unpaired) electrons. The molecule has 3 aromatic rings. The van der Waals surface area contributed by atoms with Gasteiger partial charge in [-0.25, -0.2) is 13.9 Å². The van der Waals surface area contributed by atoms with Crippen LogP contribution in [0.5, 0.6) is 5.75 Å². The first-order valence-corrected chi connectivity index (χ1v) is 12.0. The average molecular weight is 472 g/mol. The van der Waals surface area contributed by atoms with Crippen molar-refractivity contribution in [3.8, 4) is 17.6 Å². The predicted octanol–water partition coefficient (Wildman–Crippen LogP) is 1.51. The number of hydrogen-bond acceptors (Lipinski definition) is 7. The van der Waals surface area contributed by atoms with E-state index in [1.165, 1.54) is 12.4 Å². The molecule has 9 nitrogen and oxygen atoms in total. The third-order valence-electron chi connectivity index (χ3n) is 5.41. The number of carbonyl (C=O) groups is 1. The van der Waals surface area contributed by atoms with Gasteiger partial charge in [-0.1, -0.05) is 11.8 Å². The lowest BCUT2D eigenvalue weighted by Crippen LogP contribution is -2.49. The van der Waals surface area contributed by atoms with E-state index in [0.717, 1.165) is 28.3 Å². The first-order chi connectivity index (χ1) is 15.7. The third kappa shape index (κ3) is 5.51. The quantitative estimate of drug-likeness (QED) is 0.258. The smallest absolute Gasteiger partial charge is 0.264 e. The maximum absolute atomic E-state index is 12.1. The van der Waals surface area contributed by atoms with Gasteiger partial charge in [0.2, 0.25) is 0 Å². The first kappa shape index (κ1) is 24.3. The van der Waals surface area contributed by atoms with Crippen LogP contribution >= 0.6 is 0 Å². The number of benzene rings is 2. The summed E-state index contributed by atoms with van der Waals surface area (Å²) in [4.78, 5) is 12.0. The number of aliphatic hydroxyl groups is 1. The Bertz CT molecular complexity index is 1310. The largest absolute Gasteiger partial charge is 0.491 e. The van der Waals surface area contributed by atoms with Crippen molar-refractivity contribution in [3.63, 3.8) is 0 Å². The van der Waals surface area contributed by atoms with E-state index in [1.807, 2.05) is 30.3 Å². The van der Waals surface area contributed by atoms with Gasteiger partial charge in [-0.05, 0) is 55.8 Å². The van der Waals surface area contributed by atoms with Gasteiger partial charge in [0.05, 0.1) is 18.3 Å². The minimum atomic E-state index is -3.78. The van der Waals surface area contributed by atoms with Crippen molar-refractivity contribution >= 4 is 26.6 Å². The van der Waals surface area contributed by atoms with E-state index in [-0.39, 0.29) is 26.2 Å². The second-order valence-electron chi connectivity index (χ2n) is 7.68. The Morgan fingerprint density at radius 2 is 1.85 bits per heavy atom. The highest BCUT2D eigenvalue weighted by Gasteiger charge is 2.43. The number of rotatable bonds is 8. The van der Waals surface area contributed by atoms with E-state index in [1.54, 1.807) is 23.0 Å². The minimum absolute atomic E-state index is 0.0460. The third-order valence-corrected chi connectivity index (χ3v) is 7.43. The Kier molecular flexibility index (Phi) is 7.38. The van der Waals surface area contributed by atoms with Gasteiger partial charge in [0.25, 0.3) is 5.91 Å². The number of fused-ring (bicyclic) bond motifs is 1. The van der Waals surface area contributed by atoms with Gasteiger partial charge in [0, 0.05) is 29.3 Å². The first-order valence-electron chi connectivity index (χ1n) is 10.1. The molecule has 174 valence electrons. The highest BCUT2D eigenvalue weighted by atomic mass is 32.2. The second-order valence-corrected chi connectivity index (χ2v) is 10.1. The van der Waals surface area contributed by atoms with Crippen LogP contribution in [0, 0.1) is 11.8 Å². The van der Waals surface area contributed by atoms with Crippen LogP contribution in [0.15, 0.2) is 48.7 Å². The summed E-state index contributed by atoms with van der Waals surface area (Å²) in [7, 11) is -3.78. The molecule has 0 saturated carbocycles. The monoisotopic (exact) mass is 471 g/mol. The van der Waals surface area contributed by atoms with E-state index in [9.17, 15) is 13.2 Å². The number of aromatic nitrogens is 2. The summed E-state index contributed by atoms with van der Waals surface area (Å²) in [6.07, 6.45) is 2.55.